The molecule has 8 nitrogen and oxygen atoms in total. The van der Waals surface area contributed by atoms with Gasteiger partial charge in [-0.2, -0.15) is 0 Å². The maximum absolute atomic E-state index is 14.1. The molecular formula is C34H30O8. The van der Waals surface area contributed by atoms with Gasteiger partial charge in [0.15, 0.2) is 11.5 Å². The predicted molar refractivity (Wildman–Crippen MR) is 155 cm³/mol. The summed E-state index contributed by atoms with van der Waals surface area (Å²) in [6.45, 7) is 0.924. The van der Waals surface area contributed by atoms with E-state index in [1.54, 1.807) is 42.5 Å². The van der Waals surface area contributed by atoms with Gasteiger partial charge in [0.05, 0.1) is 26.1 Å². The molecule has 2 aliphatic rings. The number of hydrogen-bond acceptors (Lipinski definition) is 7. The minimum Gasteiger partial charge on any atom is -0.496 e. The molecule has 0 spiro atoms. The molecule has 8 heteroatoms. The highest BCUT2D eigenvalue weighted by atomic mass is 16.6. The van der Waals surface area contributed by atoms with E-state index >= 15 is 0 Å². The Kier molecular flexibility index (Phi) is 7.44. The molecule has 1 heterocycles. The first kappa shape index (κ1) is 27.2. The minimum atomic E-state index is -1.01. The van der Waals surface area contributed by atoms with Gasteiger partial charge >= 0.3 is 11.9 Å². The summed E-state index contributed by atoms with van der Waals surface area (Å²) in [4.78, 5) is 26.8. The number of esters is 1. The van der Waals surface area contributed by atoms with E-state index in [-0.39, 0.29) is 0 Å². The third-order valence-corrected chi connectivity index (χ3v) is 8.03. The second-order valence-electron chi connectivity index (χ2n) is 10.2. The molecule has 1 fully saturated rings. The average molecular weight is 567 g/mol. The second-order valence-corrected chi connectivity index (χ2v) is 10.2. The topological polar surface area (TPSA) is 101 Å². The van der Waals surface area contributed by atoms with Gasteiger partial charge in [0, 0.05) is 17.4 Å². The van der Waals surface area contributed by atoms with E-state index in [0.717, 1.165) is 11.1 Å². The van der Waals surface area contributed by atoms with Crippen molar-refractivity contribution in [3.8, 4) is 39.9 Å². The Morgan fingerprint density at radius 2 is 1.36 bits per heavy atom. The van der Waals surface area contributed by atoms with Crippen LogP contribution in [0.2, 0.25) is 0 Å². The van der Waals surface area contributed by atoms with Crippen LogP contribution in [0.15, 0.2) is 91.0 Å². The zero-order valence-corrected chi connectivity index (χ0v) is 23.2. The van der Waals surface area contributed by atoms with Gasteiger partial charge in [0.1, 0.15) is 30.5 Å². The standard InChI is InChI=1S/C34H30O8/c1-38-25-14-5-3-11-23(25)28-30(33(35)36)29(24-12-4-6-15-26(24)39-2)31(28)34(37)42-21-10-7-9-20(19-21)22-13-8-16-27-32(22)41-18-17-40-27/h3-16,19,28-31H,17-18H2,1-2H3,(H,35,36)/t28-,29?,30-,31+/m0/s1. The Balaban J connectivity index is 1.38. The third kappa shape index (κ3) is 4.79. The zero-order valence-electron chi connectivity index (χ0n) is 23.2. The lowest BCUT2D eigenvalue weighted by Crippen LogP contribution is -2.52. The fourth-order valence-corrected chi connectivity index (χ4v) is 6.22. The smallest absolute Gasteiger partial charge is 0.315 e. The van der Waals surface area contributed by atoms with Gasteiger partial charge in [0.25, 0.3) is 0 Å². The van der Waals surface area contributed by atoms with Crippen LogP contribution in [0.3, 0.4) is 0 Å². The van der Waals surface area contributed by atoms with Crippen LogP contribution in [-0.4, -0.2) is 44.5 Å². The number of ether oxygens (including phenoxy) is 5. The zero-order chi connectivity index (χ0) is 29.2. The molecule has 214 valence electrons. The molecular weight excluding hydrogens is 536 g/mol. The largest absolute Gasteiger partial charge is 0.496 e. The summed E-state index contributed by atoms with van der Waals surface area (Å²) in [6, 6.07) is 27.2. The van der Waals surface area contributed by atoms with Crippen molar-refractivity contribution < 1.29 is 38.4 Å². The van der Waals surface area contributed by atoms with Crippen molar-refractivity contribution in [1.82, 2.24) is 0 Å². The van der Waals surface area contributed by atoms with Gasteiger partial charge in [-0.3, -0.25) is 9.59 Å². The molecule has 6 rings (SSSR count). The highest BCUT2D eigenvalue weighted by molar-refractivity contribution is 5.86. The monoisotopic (exact) mass is 566 g/mol. The predicted octanol–water partition coefficient (Wildman–Crippen LogP) is 5.95. The van der Waals surface area contributed by atoms with Gasteiger partial charge in [-0.25, -0.2) is 0 Å². The third-order valence-electron chi connectivity index (χ3n) is 8.03. The van der Waals surface area contributed by atoms with E-state index in [4.69, 9.17) is 23.7 Å². The lowest BCUT2D eigenvalue weighted by molar-refractivity contribution is -0.158. The van der Waals surface area contributed by atoms with Crippen molar-refractivity contribution in [2.24, 2.45) is 11.8 Å². The van der Waals surface area contributed by atoms with Gasteiger partial charge in [-0.15, -0.1) is 0 Å². The molecule has 0 saturated heterocycles. The fraction of sp³-hybridized carbons (Fsp3) is 0.235. The average Bonchev–Trinajstić information content (AvgIpc) is 3.00. The first-order valence-electron chi connectivity index (χ1n) is 13.7. The summed E-state index contributed by atoms with van der Waals surface area (Å²) in [5, 5.41) is 10.4. The molecule has 42 heavy (non-hydrogen) atoms. The lowest BCUT2D eigenvalue weighted by atomic mass is 9.52. The molecule has 0 aromatic heterocycles. The summed E-state index contributed by atoms with van der Waals surface area (Å²) in [5.41, 5.74) is 2.89. The molecule has 4 atom stereocenters. The van der Waals surface area contributed by atoms with E-state index in [2.05, 4.69) is 0 Å². The van der Waals surface area contributed by atoms with Crippen molar-refractivity contribution in [3.05, 3.63) is 102 Å². The van der Waals surface area contributed by atoms with E-state index in [1.807, 2.05) is 48.5 Å². The Bertz CT molecular complexity index is 1570. The molecule has 1 N–H and O–H groups in total. The van der Waals surface area contributed by atoms with Crippen LogP contribution < -0.4 is 23.7 Å². The van der Waals surface area contributed by atoms with E-state index < -0.39 is 35.6 Å². The number of aliphatic carboxylic acids is 1. The summed E-state index contributed by atoms with van der Waals surface area (Å²) in [5.74, 6) is -1.97. The highest BCUT2D eigenvalue weighted by Gasteiger charge is 2.60. The van der Waals surface area contributed by atoms with E-state index in [0.29, 0.717) is 53.1 Å². The van der Waals surface area contributed by atoms with Crippen LogP contribution in [0, 0.1) is 11.8 Å². The maximum Gasteiger partial charge on any atom is 0.315 e. The Labute approximate surface area is 243 Å². The number of fused-ring (bicyclic) bond motifs is 1. The van der Waals surface area contributed by atoms with Gasteiger partial charge in [-0.05, 0) is 47.0 Å². The number of methoxy groups -OCH3 is 2. The number of rotatable bonds is 8. The number of carboxylic acids is 1. The SMILES string of the molecule is COc1ccccc1C1[C@@H](C(=O)O)[C@H](c2ccccc2OC)[C@H]1C(=O)Oc1cccc(-c2cccc3c2OCCO3)c1. The van der Waals surface area contributed by atoms with Crippen LogP contribution in [0.1, 0.15) is 23.0 Å². The molecule has 0 radical (unpaired) electrons. The Hall–Kier alpha value is -4.98. The Morgan fingerprint density at radius 3 is 2.00 bits per heavy atom. The maximum atomic E-state index is 14.1. The van der Waals surface area contributed by atoms with E-state index in [1.165, 1.54) is 14.2 Å². The normalized spacial score (nSPS) is 20.6. The lowest BCUT2D eigenvalue weighted by Gasteiger charge is -2.49. The van der Waals surface area contributed by atoms with Crippen molar-refractivity contribution in [2.75, 3.05) is 27.4 Å². The van der Waals surface area contributed by atoms with Crippen molar-refractivity contribution in [1.29, 1.82) is 0 Å². The quantitative estimate of drug-likeness (QED) is 0.206. The number of hydrogen-bond donors (Lipinski definition) is 1. The van der Waals surface area contributed by atoms with Crippen LogP contribution in [0.4, 0.5) is 0 Å². The van der Waals surface area contributed by atoms with Crippen molar-refractivity contribution in [3.63, 3.8) is 0 Å². The number of para-hydroxylation sites is 3. The molecule has 0 amide bonds. The van der Waals surface area contributed by atoms with Gasteiger partial charge in [0.2, 0.25) is 0 Å². The summed E-state index contributed by atoms with van der Waals surface area (Å²) in [6.07, 6.45) is 0. The van der Waals surface area contributed by atoms with Gasteiger partial charge in [-0.1, -0.05) is 60.7 Å². The van der Waals surface area contributed by atoms with Crippen molar-refractivity contribution in [2.45, 2.75) is 11.8 Å². The molecule has 0 bridgehead atoms. The van der Waals surface area contributed by atoms with Crippen LogP contribution in [0.5, 0.6) is 28.7 Å². The number of carbonyl (C=O) groups excluding carboxylic acids is 1. The summed E-state index contributed by atoms with van der Waals surface area (Å²) >= 11 is 0. The first-order chi connectivity index (χ1) is 20.5. The molecule has 4 aromatic carbocycles. The molecule has 1 aliphatic carbocycles. The molecule has 1 unspecified atom stereocenters. The van der Waals surface area contributed by atoms with Crippen LogP contribution >= 0.6 is 0 Å². The number of carboxylic acid groups (broad SMARTS) is 1. The molecule has 1 aliphatic heterocycles. The number of carbonyl (C=O) groups is 2. The second kappa shape index (κ2) is 11.5. The van der Waals surface area contributed by atoms with Crippen LogP contribution in [0.25, 0.3) is 11.1 Å². The first-order valence-corrected chi connectivity index (χ1v) is 13.7. The fourth-order valence-electron chi connectivity index (χ4n) is 6.22. The number of benzene rings is 4. The van der Waals surface area contributed by atoms with Gasteiger partial charge < -0.3 is 28.8 Å². The van der Waals surface area contributed by atoms with E-state index in [9.17, 15) is 14.7 Å². The summed E-state index contributed by atoms with van der Waals surface area (Å²) in [7, 11) is 3.06. The molecule has 1 saturated carbocycles. The van der Waals surface area contributed by atoms with Crippen LogP contribution in [-0.2, 0) is 9.59 Å². The molecule has 4 aromatic rings. The minimum absolute atomic E-state index is 0.336. The summed E-state index contributed by atoms with van der Waals surface area (Å²) < 4.78 is 28.8. The highest BCUT2D eigenvalue weighted by Crippen LogP contribution is 2.60. The Morgan fingerprint density at radius 1 is 0.738 bits per heavy atom. The van der Waals surface area contributed by atoms with Crippen molar-refractivity contribution >= 4 is 11.9 Å².